The molecule has 0 bridgehead atoms. The monoisotopic (exact) mass is 235 g/mol. The summed E-state index contributed by atoms with van der Waals surface area (Å²) in [7, 11) is 0. The molecule has 0 heterocycles. The van der Waals surface area contributed by atoms with Gasteiger partial charge in [0.15, 0.2) is 0 Å². The van der Waals surface area contributed by atoms with Crippen LogP contribution in [0, 0.1) is 11.7 Å². The van der Waals surface area contributed by atoms with E-state index in [1.54, 1.807) is 0 Å². The maximum absolute atomic E-state index is 12.8. The Bertz CT molecular complexity index is 350. The number of nitrogens with two attached hydrogens (primary N) is 1. The summed E-state index contributed by atoms with van der Waals surface area (Å²) in [5.41, 5.74) is 7.45. The van der Waals surface area contributed by atoms with E-state index >= 15 is 0 Å². The average molecular weight is 235 g/mol. The number of rotatable bonds is 3. The molecule has 1 aliphatic carbocycles. The molecule has 0 aliphatic heterocycles. The van der Waals surface area contributed by atoms with Gasteiger partial charge in [-0.1, -0.05) is 31.4 Å². The molecule has 1 nitrogen and oxygen atoms in total. The SMILES string of the molecule is CC(N)(Cc1ccc(F)cc1)C1CCCCC1. The first-order chi connectivity index (χ1) is 8.08. The van der Waals surface area contributed by atoms with Crippen LogP contribution in [0.5, 0.6) is 0 Å². The fraction of sp³-hybridized carbons (Fsp3) is 0.600. The highest BCUT2D eigenvalue weighted by Crippen LogP contribution is 2.33. The van der Waals surface area contributed by atoms with Gasteiger partial charge in [0.05, 0.1) is 0 Å². The molecule has 0 spiro atoms. The molecule has 1 aliphatic rings. The molecular weight excluding hydrogens is 213 g/mol. The Balaban J connectivity index is 2.02. The van der Waals surface area contributed by atoms with Gasteiger partial charge in [-0.05, 0) is 49.8 Å². The fourth-order valence-corrected chi connectivity index (χ4v) is 2.95. The first-order valence-electron chi connectivity index (χ1n) is 6.61. The van der Waals surface area contributed by atoms with Crippen LogP contribution in [0.25, 0.3) is 0 Å². The molecule has 0 amide bonds. The predicted molar refractivity (Wildman–Crippen MR) is 69.3 cm³/mol. The number of halogens is 1. The van der Waals surface area contributed by atoms with Gasteiger partial charge in [-0.3, -0.25) is 0 Å². The summed E-state index contributed by atoms with van der Waals surface area (Å²) in [6.45, 7) is 2.15. The highest BCUT2D eigenvalue weighted by atomic mass is 19.1. The zero-order valence-corrected chi connectivity index (χ0v) is 10.6. The van der Waals surface area contributed by atoms with Gasteiger partial charge in [0.25, 0.3) is 0 Å². The van der Waals surface area contributed by atoms with Crippen molar-refractivity contribution < 1.29 is 4.39 Å². The minimum atomic E-state index is -0.176. The van der Waals surface area contributed by atoms with E-state index in [0.29, 0.717) is 5.92 Å². The number of hydrogen-bond donors (Lipinski definition) is 1. The molecule has 0 saturated heterocycles. The van der Waals surface area contributed by atoms with E-state index in [1.807, 2.05) is 12.1 Å². The third kappa shape index (κ3) is 3.29. The lowest BCUT2D eigenvalue weighted by Crippen LogP contribution is -2.47. The van der Waals surface area contributed by atoms with Crippen molar-refractivity contribution in [3.63, 3.8) is 0 Å². The molecular formula is C15H22FN. The Labute approximate surface area is 103 Å². The molecule has 2 rings (SSSR count). The molecule has 1 atom stereocenters. The van der Waals surface area contributed by atoms with Crippen molar-refractivity contribution in [3.8, 4) is 0 Å². The predicted octanol–water partition coefficient (Wildman–Crippen LogP) is 3.67. The van der Waals surface area contributed by atoms with Crippen LogP contribution in [0.3, 0.4) is 0 Å². The summed E-state index contributed by atoms with van der Waals surface area (Å²) >= 11 is 0. The summed E-state index contributed by atoms with van der Waals surface area (Å²) in [6, 6.07) is 6.74. The van der Waals surface area contributed by atoms with E-state index in [9.17, 15) is 4.39 Å². The lowest BCUT2D eigenvalue weighted by Gasteiger charge is -2.37. The maximum Gasteiger partial charge on any atom is 0.123 e. The third-order valence-electron chi connectivity index (χ3n) is 4.04. The number of hydrogen-bond acceptors (Lipinski definition) is 1. The minimum absolute atomic E-state index is 0.155. The highest BCUT2D eigenvalue weighted by Gasteiger charge is 2.31. The number of benzene rings is 1. The van der Waals surface area contributed by atoms with Crippen molar-refractivity contribution >= 4 is 0 Å². The summed E-state index contributed by atoms with van der Waals surface area (Å²) in [6.07, 6.45) is 7.30. The van der Waals surface area contributed by atoms with Crippen molar-refractivity contribution in [3.05, 3.63) is 35.6 Å². The molecule has 2 N–H and O–H groups in total. The summed E-state index contributed by atoms with van der Waals surface area (Å²) in [4.78, 5) is 0. The smallest absolute Gasteiger partial charge is 0.123 e. The van der Waals surface area contributed by atoms with Gasteiger partial charge in [-0.15, -0.1) is 0 Å². The van der Waals surface area contributed by atoms with Crippen molar-refractivity contribution in [2.24, 2.45) is 11.7 Å². The van der Waals surface area contributed by atoms with E-state index in [2.05, 4.69) is 6.92 Å². The Morgan fingerprint density at radius 2 is 1.76 bits per heavy atom. The van der Waals surface area contributed by atoms with Crippen LogP contribution in [0.2, 0.25) is 0 Å². The molecule has 1 unspecified atom stereocenters. The Morgan fingerprint density at radius 1 is 1.18 bits per heavy atom. The van der Waals surface area contributed by atoms with Crippen LogP contribution in [0.4, 0.5) is 4.39 Å². The van der Waals surface area contributed by atoms with E-state index in [0.717, 1.165) is 12.0 Å². The van der Waals surface area contributed by atoms with Crippen molar-refractivity contribution in [1.82, 2.24) is 0 Å². The van der Waals surface area contributed by atoms with Gasteiger partial charge in [0.1, 0.15) is 5.82 Å². The molecule has 1 fully saturated rings. The Morgan fingerprint density at radius 3 is 2.35 bits per heavy atom. The minimum Gasteiger partial charge on any atom is -0.325 e. The first-order valence-corrected chi connectivity index (χ1v) is 6.61. The van der Waals surface area contributed by atoms with Crippen molar-refractivity contribution in [2.45, 2.75) is 51.0 Å². The molecule has 2 heteroatoms. The molecule has 0 radical (unpaired) electrons. The molecule has 1 aromatic carbocycles. The summed E-state index contributed by atoms with van der Waals surface area (Å²) in [5, 5.41) is 0. The zero-order chi connectivity index (χ0) is 12.3. The second-order valence-electron chi connectivity index (χ2n) is 5.64. The zero-order valence-electron chi connectivity index (χ0n) is 10.6. The second-order valence-corrected chi connectivity index (χ2v) is 5.64. The van der Waals surface area contributed by atoms with E-state index in [-0.39, 0.29) is 11.4 Å². The topological polar surface area (TPSA) is 26.0 Å². The van der Waals surface area contributed by atoms with Crippen molar-refractivity contribution in [1.29, 1.82) is 0 Å². The molecule has 1 saturated carbocycles. The van der Waals surface area contributed by atoms with Crippen LogP contribution in [-0.2, 0) is 6.42 Å². The van der Waals surface area contributed by atoms with E-state index in [1.165, 1.54) is 44.2 Å². The van der Waals surface area contributed by atoms with Gasteiger partial charge in [-0.2, -0.15) is 0 Å². The standard InChI is InChI=1S/C15H22FN/c1-15(17,13-5-3-2-4-6-13)11-12-7-9-14(16)10-8-12/h7-10,13H,2-6,11,17H2,1H3. The Hall–Kier alpha value is -0.890. The first kappa shape index (κ1) is 12.6. The van der Waals surface area contributed by atoms with Crippen LogP contribution in [-0.4, -0.2) is 5.54 Å². The van der Waals surface area contributed by atoms with Crippen molar-refractivity contribution in [2.75, 3.05) is 0 Å². The fourth-order valence-electron chi connectivity index (χ4n) is 2.95. The van der Waals surface area contributed by atoms with Gasteiger partial charge in [-0.25, -0.2) is 4.39 Å². The van der Waals surface area contributed by atoms with Crippen LogP contribution >= 0.6 is 0 Å². The maximum atomic E-state index is 12.8. The lowest BCUT2D eigenvalue weighted by atomic mass is 9.73. The summed E-state index contributed by atoms with van der Waals surface area (Å²) in [5.74, 6) is 0.437. The lowest BCUT2D eigenvalue weighted by molar-refractivity contribution is 0.221. The molecule has 0 aromatic heterocycles. The molecule has 94 valence electrons. The van der Waals surface area contributed by atoms with E-state index in [4.69, 9.17) is 5.73 Å². The van der Waals surface area contributed by atoms with Crippen LogP contribution in [0.15, 0.2) is 24.3 Å². The van der Waals surface area contributed by atoms with E-state index < -0.39 is 0 Å². The quantitative estimate of drug-likeness (QED) is 0.850. The van der Waals surface area contributed by atoms with Gasteiger partial charge in [0.2, 0.25) is 0 Å². The average Bonchev–Trinajstić information content (AvgIpc) is 2.33. The second kappa shape index (κ2) is 5.18. The van der Waals surface area contributed by atoms with Gasteiger partial charge < -0.3 is 5.73 Å². The third-order valence-corrected chi connectivity index (χ3v) is 4.04. The van der Waals surface area contributed by atoms with Gasteiger partial charge >= 0.3 is 0 Å². The van der Waals surface area contributed by atoms with Crippen LogP contribution < -0.4 is 5.73 Å². The van der Waals surface area contributed by atoms with Gasteiger partial charge in [0, 0.05) is 5.54 Å². The van der Waals surface area contributed by atoms with Crippen LogP contribution in [0.1, 0.15) is 44.6 Å². The summed E-state index contributed by atoms with van der Waals surface area (Å²) < 4.78 is 12.8. The largest absolute Gasteiger partial charge is 0.325 e. The normalized spacial score (nSPS) is 21.1. The molecule has 17 heavy (non-hydrogen) atoms. The Kier molecular flexibility index (Phi) is 3.82. The molecule has 1 aromatic rings. The highest BCUT2D eigenvalue weighted by molar-refractivity contribution is 5.19.